The van der Waals surface area contributed by atoms with Crippen LogP contribution in [0.5, 0.6) is 0 Å². The van der Waals surface area contributed by atoms with E-state index in [9.17, 15) is 0 Å². The maximum Gasteiger partial charge on any atom is 0.213 e. The zero-order valence-electron chi connectivity index (χ0n) is 21.2. The molecule has 7 rings (SSSR count). The van der Waals surface area contributed by atoms with Gasteiger partial charge in [0.1, 0.15) is 0 Å². The van der Waals surface area contributed by atoms with Gasteiger partial charge in [0.2, 0.25) is 11.4 Å². The van der Waals surface area contributed by atoms with Crippen molar-refractivity contribution >= 4 is 0 Å². The van der Waals surface area contributed by atoms with Crippen LogP contribution in [-0.2, 0) is 6.54 Å². The summed E-state index contributed by atoms with van der Waals surface area (Å²) in [5, 5.41) is 0. The summed E-state index contributed by atoms with van der Waals surface area (Å²) < 4.78 is 2.63. The Balaban J connectivity index is 1.52. The fraction of sp³-hybridized carbons (Fsp3) is 0.324. The smallest absolute Gasteiger partial charge is 0.191 e. The molecule has 3 aromatic carbocycles. The van der Waals surface area contributed by atoms with E-state index in [0.29, 0.717) is 11.3 Å². The van der Waals surface area contributed by atoms with Crippen molar-refractivity contribution in [2.24, 2.45) is 29.1 Å². The molecule has 4 unspecified atom stereocenters. The van der Waals surface area contributed by atoms with Crippen LogP contribution in [0.3, 0.4) is 0 Å². The number of hydrogen-bond acceptors (Lipinski definition) is 0. The first kappa shape index (κ1) is 22.3. The molecule has 3 aliphatic carbocycles. The van der Waals surface area contributed by atoms with Gasteiger partial charge >= 0.3 is 0 Å². The molecule has 4 aromatic rings. The molecule has 1 heterocycles. The number of hydrogen-bond donors (Lipinski definition) is 0. The van der Waals surface area contributed by atoms with E-state index in [2.05, 4.69) is 128 Å². The Bertz CT molecular complexity index is 1250. The Labute approximate surface area is 210 Å². The van der Waals surface area contributed by atoms with Crippen LogP contribution in [-0.4, -0.2) is 0 Å². The first-order chi connectivity index (χ1) is 17.0. The molecule has 3 fully saturated rings. The number of pyridine rings is 1. The highest BCUT2D eigenvalue weighted by molar-refractivity contribution is 5.73. The fourth-order valence-electron chi connectivity index (χ4n) is 7.04. The summed E-state index contributed by atoms with van der Waals surface area (Å²) in [6.45, 7) is 8.61. The number of aromatic nitrogens is 1. The van der Waals surface area contributed by atoms with Crippen LogP contribution in [0.15, 0.2) is 103 Å². The van der Waals surface area contributed by atoms with Crippen molar-refractivity contribution in [1.29, 1.82) is 0 Å². The van der Waals surface area contributed by atoms with Crippen molar-refractivity contribution in [3.05, 3.63) is 103 Å². The minimum atomic E-state index is 0.516. The Morgan fingerprint density at radius 3 is 1.60 bits per heavy atom. The zero-order valence-corrected chi connectivity index (χ0v) is 21.2. The third-order valence-electron chi connectivity index (χ3n) is 9.34. The number of fused-ring (bicyclic) bond motifs is 2. The van der Waals surface area contributed by atoms with Gasteiger partial charge in [-0.15, -0.1) is 0 Å². The molecular formula is C34H36N+. The van der Waals surface area contributed by atoms with Crippen molar-refractivity contribution in [3.8, 4) is 33.6 Å². The standard InChI is InChI=1S/C34H36N/c1-24-29(19-30-22-31(24)34(30,2)3)23-35-32(26-15-9-5-10-16-26)20-28(25-13-7-4-8-14-25)21-33(35)27-17-11-6-12-18-27/h4-18,20-21,24,29-31H,19,22-23H2,1-3H3/q+1. The molecule has 0 amide bonds. The van der Waals surface area contributed by atoms with Crippen LogP contribution in [0.2, 0.25) is 0 Å². The van der Waals surface area contributed by atoms with E-state index in [1.165, 1.54) is 46.5 Å². The van der Waals surface area contributed by atoms with E-state index >= 15 is 0 Å². The summed E-state index contributed by atoms with van der Waals surface area (Å²) in [5.74, 6) is 3.20. The van der Waals surface area contributed by atoms with E-state index in [1.54, 1.807) is 0 Å². The van der Waals surface area contributed by atoms with Gasteiger partial charge in [0.15, 0.2) is 6.54 Å². The predicted molar refractivity (Wildman–Crippen MR) is 146 cm³/mol. The van der Waals surface area contributed by atoms with Gasteiger partial charge in [0.05, 0.1) is 0 Å². The van der Waals surface area contributed by atoms with E-state index in [1.807, 2.05) is 0 Å². The van der Waals surface area contributed by atoms with Gasteiger partial charge in [-0.3, -0.25) is 0 Å². The van der Waals surface area contributed by atoms with Gasteiger partial charge in [0.25, 0.3) is 0 Å². The summed E-state index contributed by atoms with van der Waals surface area (Å²) in [4.78, 5) is 0. The first-order valence-corrected chi connectivity index (χ1v) is 13.3. The Kier molecular flexibility index (Phi) is 5.60. The monoisotopic (exact) mass is 458 g/mol. The SMILES string of the molecule is CC1C(C[n+]2c(-c3ccccc3)cc(-c3ccccc3)cc2-c2ccccc2)CC2CC1C2(C)C. The second-order valence-electron chi connectivity index (χ2n) is 11.4. The summed E-state index contributed by atoms with van der Waals surface area (Å²) >= 11 is 0. The Hall–Kier alpha value is -3.19. The maximum absolute atomic E-state index is 2.63. The van der Waals surface area contributed by atoms with E-state index in [-0.39, 0.29) is 0 Å². The normalized spacial score (nSPS) is 24.5. The number of benzene rings is 3. The minimum Gasteiger partial charge on any atom is -0.191 e. The van der Waals surface area contributed by atoms with Gasteiger partial charge in [-0.1, -0.05) is 87.5 Å². The highest BCUT2D eigenvalue weighted by Crippen LogP contribution is 2.63. The Morgan fingerprint density at radius 2 is 1.14 bits per heavy atom. The summed E-state index contributed by atoms with van der Waals surface area (Å²) in [7, 11) is 0. The molecule has 0 aliphatic heterocycles. The molecule has 3 aliphatic rings. The zero-order chi connectivity index (χ0) is 24.0. The maximum atomic E-state index is 2.63. The molecule has 35 heavy (non-hydrogen) atoms. The highest BCUT2D eigenvalue weighted by atomic mass is 15.0. The molecule has 0 saturated heterocycles. The predicted octanol–water partition coefficient (Wildman–Crippen LogP) is 8.29. The Morgan fingerprint density at radius 1 is 0.657 bits per heavy atom. The molecule has 0 N–H and O–H groups in total. The molecule has 1 aromatic heterocycles. The fourth-order valence-corrected chi connectivity index (χ4v) is 7.04. The van der Waals surface area contributed by atoms with Gasteiger partial charge < -0.3 is 0 Å². The van der Waals surface area contributed by atoms with Gasteiger partial charge in [0, 0.05) is 29.2 Å². The summed E-state index contributed by atoms with van der Waals surface area (Å²) in [6, 6.07) is 37.6. The van der Waals surface area contributed by atoms with Crippen LogP contribution in [0.1, 0.15) is 33.6 Å². The lowest BCUT2D eigenvalue weighted by atomic mass is 9.43. The van der Waals surface area contributed by atoms with Gasteiger partial charge in [-0.2, -0.15) is 4.57 Å². The molecule has 0 radical (unpaired) electrons. The van der Waals surface area contributed by atoms with E-state index < -0.39 is 0 Å². The minimum absolute atomic E-state index is 0.516. The molecule has 176 valence electrons. The summed E-state index contributed by atoms with van der Waals surface area (Å²) in [5.41, 5.74) is 8.27. The summed E-state index contributed by atoms with van der Waals surface area (Å²) in [6.07, 6.45) is 2.78. The average molecular weight is 459 g/mol. The van der Waals surface area contributed by atoms with E-state index in [0.717, 1.165) is 24.3 Å². The molecule has 0 spiro atoms. The van der Waals surface area contributed by atoms with Gasteiger partial charge in [-0.05, 0) is 71.4 Å². The first-order valence-electron chi connectivity index (χ1n) is 13.3. The lowest BCUT2D eigenvalue weighted by Gasteiger charge is -2.61. The van der Waals surface area contributed by atoms with Crippen molar-refractivity contribution in [2.75, 3.05) is 0 Å². The van der Waals surface area contributed by atoms with Crippen molar-refractivity contribution < 1.29 is 4.57 Å². The molecular weight excluding hydrogens is 422 g/mol. The third-order valence-corrected chi connectivity index (χ3v) is 9.34. The lowest BCUT2D eigenvalue weighted by Crippen LogP contribution is -2.57. The molecule has 2 bridgehead atoms. The van der Waals surface area contributed by atoms with Crippen LogP contribution in [0, 0.1) is 29.1 Å². The molecule has 4 atom stereocenters. The largest absolute Gasteiger partial charge is 0.213 e. The van der Waals surface area contributed by atoms with Crippen molar-refractivity contribution in [3.63, 3.8) is 0 Å². The van der Waals surface area contributed by atoms with Crippen molar-refractivity contribution in [2.45, 2.75) is 40.2 Å². The number of rotatable bonds is 5. The molecule has 1 nitrogen and oxygen atoms in total. The second kappa shape index (κ2) is 8.79. The number of nitrogens with zero attached hydrogens (tertiary/aromatic N) is 1. The van der Waals surface area contributed by atoms with E-state index in [4.69, 9.17) is 0 Å². The van der Waals surface area contributed by atoms with Crippen LogP contribution in [0.4, 0.5) is 0 Å². The van der Waals surface area contributed by atoms with Crippen LogP contribution >= 0.6 is 0 Å². The molecule has 3 saturated carbocycles. The quantitative estimate of drug-likeness (QED) is 0.265. The van der Waals surface area contributed by atoms with Gasteiger partial charge in [-0.25, -0.2) is 0 Å². The topological polar surface area (TPSA) is 3.88 Å². The highest BCUT2D eigenvalue weighted by Gasteiger charge is 2.57. The van der Waals surface area contributed by atoms with Crippen LogP contribution < -0.4 is 4.57 Å². The molecule has 1 heteroatoms. The van der Waals surface area contributed by atoms with Crippen molar-refractivity contribution in [1.82, 2.24) is 0 Å². The second-order valence-corrected chi connectivity index (χ2v) is 11.4. The average Bonchev–Trinajstić information content (AvgIpc) is 2.91. The van der Waals surface area contributed by atoms with Crippen LogP contribution in [0.25, 0.3) is 33.6 Å². The third kappa shape index (κ3) is 3.92. The lowest BCUT2D eigenvalue weighted by molar-refractivity contribution is -0.684.